The van der Waals surface area contributed by atoms with E-state index in [-0.39, 0.29) is 11.3 Å². The van der Waals surface area contributed by atoms with Gasteiger partial charge in [-0.05, 0) is 23.1 Å². The summed E-state index contributed by atoms with van der Waals surface area (Å²) < 4.78 is 1.72. The Morgan fingerprint density at radius 1 is 1.43 bits per heavy atom. The van der Waals surface area contributed by atoms with Crippen molar-refractivity contribution >= 4 is 11.6 Å². The fourth-order valence-corrected chi connectivity index (χ4v) is 1.86. The van der Waals surface area contributed by atoms with Crippen molar-refractivity contribution in [3.05, 3.63) is 42.5 Å². The number of amides is 1. The quantitative estimate of drug-likeness (QED) is 0.895. The smallest absolute Gasteiger partial charge is 0.241 e. The maximum atomic E-state index is 12.1. The van der Waals surface area contributed by atoms with Gasteiger partial charge < -0.3 is 11.1 Å². The fraction of sp³-hybridized carbons (Fsp3) is 0.400. The lowest BCUT2D eigenvalue weighted by Gasteiger charge is -2.25. The second kappa shape index (κ2) is 6.05. The number of hydrogen-bond donors (Lipinski definition) is 2. The van der Waals surface area contributed by atoms with Crippen LogP contribution >= 0.6 is 0 Å². The average Bonchev–Trinajstić information content (AvgIpc) is 2.90. The van der Waals surface area contributed by atoms with E-state index >= 15 is 0 Å². The minimum absolute atomic E-state index is 0.180. The second-order valence-corrected chi connectivity index (χ2v) is 6.13. The summed E-state index contributed by atoms with van der Waals surface area (Å²) in [6.07, 6.45) is 3.15. The third-order valence-corrected chi connectivity index (χ3v) is 3.22. The van der Waals surface area contributed by atoms with E-state index in [9.17, 15) is 4.79 Å². The van der Waals surface area contributed by atoms with Crippen molar-refractivity contribution < 1.29 is 4.79 Å². The van der Waals surface area contributed by atoms with Gasteiger partial charge in [0.2, 0.25) is 5.91 Å². The molecule has 1 amide bonds. The lowest BCUT2D eigenvalue weighted by molar-refractivity contribution is -0.119. The van der Waals surface area contributed by atoms with Crippen molar-refractivity contribution in [2.45, 2.75) is 33.4 Å². The van der Waals surface area contributed by atoms with Gasteiger partial charge in [0, 0.05) is 5.69 Å². The van der Waals surface area contributed by atoms with E-state index in [1.807, 2.05) is 45.0 Å². The molecule has 0 unspecified atom stereocenters. The number of rotatable bonds is 4. The van der Waals surface area contributed by atoms with Crippen LogP contribution in [0.3, 0.4) is 0 Å². The Labute approximate surface area is 124 Å². The van der Waals surface area contributed by atoms with Gasteiger partial charge in [-0.2, -0.15) is 5.10 Å². The monoisotopic (exact) mass is 287 g/mol. The molecule has 0 radical (unpaired) electrons. The Bertz CT molecular complexity index is 601. The zero-order valence-corrected chi connectivity index (χ0v) is 12.6. The number of benzene rings is 1. The first-order chi connectivity index (χ1) is 9.86. The summed E-state index contributed by atoms with van der Waals surface area (Å²) in [5, 5.41) is 6.92. The lowest BCUT2D eigenvalue weighted by atomic mass is 9.87. The third-order valence-electron chi connectivity index (χ3n) is 3.22. The van der Waals surface area contributed by atoms with Crippen molar-refractivity contribution in [2.75, 3.05) is 5.32 Å². The van der Waals surface area contributed by atoms with Crippen molar-refractivity contribution in [2.24, 2.45) is 11.1 Å². The Balaban J connectivity index is 2.06. The largest absolute Gasteiger partial charge is 0.325 e. The van der Waals surface area contributed by atoms with E-state index in [1.165, 1.54) is 6.33 Å². The molecule has 3 N–H and O–H groups in total. The lowest BCUT2D eigenvalue weighted by Crippen LogP contribution is -2.45. The number of hydrogen-bond acceptors (Lipinski definition) is 4. The average molecular weight is 287 g/mol. The molecule has 1 atom stereocenters. The van der Waals surface area contributed by atoms with Crippen LogP contribution in [0.1, 0.15) is 26.3 Å². The van der Waals surface area contributed by atoms with Gasteiger partial charge >= 0.3 is 0 Å². The van der Waals surface area contributed by atoms with Crippen LogP contribution in [0.2, 0.25) is 0 Å². The predicted octanol–water partition coefficient (Wildman–Crippen LogP) is 1.64. The van der Waals surface area contributed by atoms with Crippen molar-refractivity contribution in [1.29, 1.82) is 0 Å². The van der Waals surface area contributed by atoms with E-state index in [4.69, 9.17) is 5.73 Å². The van der Waals surface area contributed by atoms with Gasteiger partial charge in [-0.3, -0.25) is 4.79 Å². The van der Waals surface area contributed by atoms with Gasteiger partial charge in [-0.25, -0.2) is 9.67 Å². The summed E-state index contributed by atoms with van der Waals surface area (Å²) in [6.45, 7) is 6.43. The molecule has 0 aliphatic heterocycles. The van der Waals surface area contributed by atoms with Crippen LogP contribution in [0.5, 0.6) is 0 Å². The van der Waals surface area contributed by atoms with Crippen LogP contribution in [0, 0.1) is 5.41 Å². The molecule has 1 aromatic heterocycles. The summed E-state index contributed by atoms with van der Waals surface area (Å²) in [4.78, 5) is 16.0. The first-order valence-electron chi connectivity index (χ1n) is 6.84. The first kappa shape index (κ1) is 15.2. The van der Waals surface area contributed by atoms with E-state index in [0.717, 1.165) is 11.3 Å². The van der Waals surface area contributed by atoms with Crippen LogP contribution in [-0.2, 0) is 11.3 Å². The maximum Gasteiger partial charge on any atom is 0.241 e. The normalized spacial score (nSPS) is 13.0. The van der Waals surface area contributed by atoms with Gasteiger partial charge in [0.25, 0.3) is 0 Å². The SMILES string of the molecule is CC(C)(C)[C@H](N)C(=O)Nc1cccc(Cn2cncn2)c1. The van der Waals surface area contributed by atoms with Crippen LogP contribution in [0.15, 0.2) is 36.9 Å². The number of anilines is 1. The predicted molar refractivity (Wildman–Crippen MR) is 81.6 cm³/mol. The fourth-order valence-electron chi connectivity index (χ4n) is 1.86. The number of nitrogens with one attached hydrogen (secondary N) is 1. The molecule has 0 bridgehead atoms. The Morgan fingerprint density at radius 3 is 2.81 bits per heavy atom. The van der Waals surface area contributed by atoms with Gasteiger partial charge in [0.1, 0.15) is 12.7 Å². The van der Waals surface area contributed by atoms with Crippen molar-refractivity contribution in [3.63, 3.8) is 0 Å². The zero-order chi connectivity index (χ0) is 15.5. The second-order valence-electron chi connectivity index (χ2n) is 6.13. The highest BCUT2D eigenvalue weighted by Crippen LogP contribution is 2.19. The van der Waals surface area contributed by atoms with Gasteiger partial charge in [-0.15, -0.1) is 0 Å². The Kier molecular flexibility index (Phi) is 4.37. The van der Waals surface area contributed by atoms with Gasteiger partial charge in [-0.1, -0.05) is 32.9 Å². The Hall–Kier alpha value is -2.21. The molecule has 1 aromatic carbocycles. The third kappa shape index (κ3) is 4.13. The summed E-state index contributed by atoms with van der Waals surface area (Å²) in [7, 11) is 0. The molecular weight excluding hydrogens is 266 g/mol. The summed E-state index contributed by atoms with van der Waals surface area (Å²) in [5.41, 5.74) is 7.44. The molecule has 1 heterocycles. The molecule has 0 aliphatic rings. The molecule has 0 spiro atoms. The molecule has 112 valence electrons. The van der Waals surface area contributed by atoms with Gasteiger partial charge in [0.05, 0.1) is 12.6 Å². The topological polar surface area (TPSA) is 85.8 Å². The summed E-state index contributed by atoms with van der Waals surface area (Å²) in [5.74, 6) is -0.180. The number of carbonyl (C=O) groups is 1. The van der Waals surface area contributed by atoms with Gasteiger partial charge in [0.15, 0.2) is 0 Å². The van der Waals surface area contributed by atoms with Crippen molar-refractivity contribution in [1.82, 2.24) is 14.8 Å². The van der Waals surface area contributed by atoms with E-state index in [0.29, 0.717) is 6.54 Å². The van der Waals surface area contributed by atoms with E-state index < -0.39 is 6.04 Å². The maximum absolute atomic E-state index is 12.1. The standard InChI is InChI=1S/C15H21N5O/c1-15(2,3)13(16)14(21)19-12-6-4-5-11(7-12)8-20-10-17-9-18-20/h4-7,9-10,13H,8,16H2,1-3H3,(H,19,21)/t13-/m1/s1. The molecular formula is C15H21N5O. The molecule has 2 aromatic rings. The molecule has 0 fully saturated rings. The molecule has 21 heavy (non-hydrogen) atoms. The van der Waals surface area contributed by atoms with Crippen LogP contribution in [0.25, 0.3) is 0 Å². The van der Waals surface area contributed by atoms with E-state index in [1.54, 1.807) is 11.0 Å². The Morgan fingerprint density at radius 2 is 2.19 bits per heavy atom. The van der Waals surface area contributed by atoms with Crippen LogP contribution < -0.4 is 11.1 Å². The highest BCUT2D eigenvalue weighted by Gasteiger charge is 2.27. The minimum atomic E-state index is -0.559. The summed E-state index contributed by atoms with van der Waals surface area (Å²) >= 11 is 0. The molecule has 6 heteroatoms. The minimum Gasteiger partial charge on any atom is -0.325 e. The van der Waals surface area contributed by atoms with Crippen molar-refractivity contribution in [3.8, 4) is 0 Å². The molecule has 2 rings (SSSR count). The first-order valence-corrected chi connectivity index (χ1v) is 6.84. The molecule has 6 nitrogen and oxygen atoms in total. The molecule has 0 saturated carbocycles. The van der Waals surface area contributed by atoms with Crippen LogP contribution in [-0.4, -0.2) is 26.7 Å². The highest BCUT2D eigenvalue weighted by molar-refractivity contribution is 5.95. The summed E-state index contributed by atoms with van der Waals surface area (Å²) in [6, 6.07) is 7.06. The number of nitrogens with two attached hydrogens (primary N) is 1. The molecule has 0 aliphatic carbocycles. The number of carbonyl (C=O) groups excluding carboxylic acids is 1. The highest BCUT2D eigenvalue weighted by atomic mass is 16.2. The zero-order valence-electron chi connectivity index (χ0n) is 12.6. The van der Waals surface area contributed by atoms with Crippen LogP contribution in [0.4, 0.5) is 5.69 Å². The number of nitrogens with zero attached hydrogens (tertiary/aromatic N) is 3. The van der Waals surface area contributed by atoms with E-state index in [2.05, 4.69) is 15.4 Å². The number of aromatic nitrogens is 3. The molecule has 0 saturated heterocycles.